The van der Waals surface area contributed by atoms with Crippen LogP contribution in [0.3, 0.4) is 0 Å². The molecule has 2 rings (SSSR count). The minimum absolute atomic E-state index is 0.0367. The molecule has 1 unspecified atom stereocenters. The standard InChI is InChI=1S/C15H18N2O5S/c1-9(22-23(2,20)21)7-14(16)17-12-8-13(18)10-5-3-4-6-11(10)15(12)19/h3-6,8-9,18-19H,7H2,1-2H3,(H2,16,17). The molecule has 4 N–H and O–H groups in total. The first kappa shape index (κ1) is 17.0. The quantitative estimate of drug-likeness (QED) is 0.332. The highest BCUT2D eigenvalue weighted by Gasteiger charge is 2.14. The first-order valence-electron chi connectivity index (χ1n) is 6.82. The van der Waals surface area contributed by atoms with Crippen LogP contribution in [0.15, 0.2) is 35.3 Å². The smallest absolute Gasteiger partial charge is 0.264 e. The Morgan fingerprint density at radius 1 is 1.30 bits per heavy atom. The third-order valence-corrected chi connectivity index (χ3v) is 3.75. The number of aromatic hydroxyl groups is 2. The molecule has 2 aromatic carbocycles. The number of rotatable bonds is 5. The van der Waals surface area contributed by atoms with E-state index in [0.717, 1.165) is 6.26 Å². The van der Waals surface area contributed by atoms with Crippen molar-refractivity contribution in [3.8, 4) is 11.5 Å². The highest BCUT2D eigenvalue weighted by atomic mass is 32.2. The van der Waals surface area contributed by atoms with Crippen molar-refractivity contribution in [2.24, 2.45) is 10.7 Å². The molecule has 1 atom stereocenters. The van der Waals surface area contributed by atoms with Gasteiger partial charge in [0.15, 0.2) is 0 Å². The maximum absolute atomic E-state index is 11.1. The van der Waals surface area contributed by atoms with E-state index in [0.29, 0.717) is 10.8 Å². The van der Waals surface area contributed by atoms with Crippen LogP contribution in [0, 0.1) is 0 Å². The summed E-state index contributed by atoms with van der Waals surface area (Å²) in [5.74, 6) is -0.0745. The number of phenols is 2. The maximum atomic E-state index is 11.1. The lowest BCUT2D eigenvalue weighted by Crippen LogP contribution is -2.22. The topological polar surface area (TPSA) is 122 Å². The number of fused-ring (bicyclic) bond motifs is 1. The number of hydrogen-bond donors (Lipinski definition) is 3. The van der Waals surface area contributed by atoms with Crippen molar-refractivity contribution in [3.05, 3.63) is 30.3 Å². The van der Waals surface area contributed by atoms with Crippen LogP contribution in [0.2, 0.25) is 0 Å². The summed E-state index contributed by atoms with van der Waals surface area (Å²) in [4.78, 5) is 4.05. The lowest BCUT2D eigenvalue weighted by molar-refractivity contribution is 0.239. The van der Waals surface area contributed by atoms with Crippen molar-refractivity contribution in [1.29, 1.82) is 0 Å². The lowest BCUT2D eigenvalue weighted by Gasteiger charge is -2.11. The molecular formula is C15H18N2O5S. The Morgan fingerprint density at radius 3 is 2.52 bits per heavy atom. The number of benzene rings is 2. The second-order valence-electron chi connectivity index (χ2n) is 5.23. The molecule has 0 amide bonds. The Kier molecular flexibility index (Phi) is 4.76. The fraction of sp³-hybridized carbons (Fsp3) is 0.267. The SMILES string of the molecule is CC(CC(N)=Nc1cc(O)c2ccccc2c1O)OS(C)(=O)=O. The van der Waals surface area contributed by atoms with Crippen LogP contribution in [0.5, 0.6) is 11.5 Å². The molecule has 0 aromatic heterocycles. The van der Waals surface area contributed by atoms with E-state index in [1.54, 1.807) is 31.2 Å². The van der Waals surface area contributed by atoms with Crippen LogP contribution in [0.1, 0.15) is 13.3 Å². The van der Waals surface area contributed by atoms with Crippen molar-refractivity contribution >= 4 is 32.4 Å². The number of nitrogens with two attached hydrogens (primary N) is 1. The van der Waals surface area contributed by atoms with E-state index in [9.17, 15) is 18.6 Å². The number of nitrogens with zero attached hydrogens (tertiary/aromatic N) is 1. The van der Waals surface area contributed by atoms with E-state index in [1.165, 1.54) is 6.07 Å². The molecular weight excluding hydrogens is 320 g/mol. The zero-order valence-electron chi connectivity index (χ0n) is 12.7. The Labute approximate surface area is 134 Å². The van der Waals surface area contributed by atoms with Gasteiger partial charge in [0.05, 0.1) is 12.4 Å². The number of phenolic OH excluding ortho intramolecular Hbond substituents is 2. The van der Waals surface area contributed by atoms with Gasteiger partial charge in [-0.3, -0.25) is 4.18 Å². The van der Waals surface area contributed by atoms with Gasteiger partial charge in [0.1, 0.15) is 23.0 Å². The highest BCUT2D eigenvalue weighted by Crippen LogP contribution is 2.40. The van der Waals surface area contributed by atoms with E-state index >= 15 is 0 Å². The Morgan fingerprint density at radius 2 is 1.91 bits per heavy atom. The molecule has 0 aliphatic heterocycles. The first-order valence-corrected chi connectivity index (χ1v) is 8.64. The van der Waals surface area contributed by atoms with Crippen LogP contribution < -0.4 is 5.73 Å². The van der Waals surface area contributed by atoms with Gasteiger partial charge >= 0.3 is 0 Å². The van der Waals surface area contributed by atoms with Crippen LogP contribution in [0.4, 0.5) is 5.69 Å². The predicted octanol–water partition coefficient (Wildman–Crippen LogP) is 1.99. The summed E-state index contributed by atoms with van der Waals surface area (Å²) >= 11 is 0. The minimum atomic E-state index is -3.59. The summed E-state index contributed by atoms with van der Waals surface area (Å²) in [5.41, 5.74) is 5.87. The molecule has 2 aromatic rings. The van der Waals surface area contributed by atoms with E-state index in [2.05, 4.69) is 4.99 Å². The molecule has 0 saturated heterocycles. The molecule has 0 heterocycles. The van der Waals surface area contributed by atoms with Gasteiger partial charge in [0.25, 0.3) is 10.1 Å². The average molecular weight is 338 g/mol. The Bertz CT molecular complexity index is 862. The fourth-order valence-electron chi connectivity index (χ4n) is 2.24. The predicted molar refractivity (Wildman–Crippen MR) is 88.6 cm³/mol. The van der Waals surface area contributed by atoms with Gasteiger partial charge in [-0.2, -0.15) is 8.42 Å². The van der Waals surface area contributed by atoms with Crippen LogP contribution in [-0.4, -0.2) is 36.8 Å². The summed E-state index contributed by atoms with van der Waals surface area (Å²) in [6.07, 6.45) is 0.314. The summed E-state index contributed by atoms with van der Waals surface area (Å²) < 4.78 is 26.9. The second-order valence-corrected chi connectivity index (χ2v) is 6.83. The zero-order chi connectivity index (χ0) is 17.2. The van der Waals surface area contributed by atoms with Gasteiger partial charge in [0.2, 0.25) is 0 Å². The largest absolute Gasteiger partial charge is 0.507 e. The molecule has 8 heteroatoms. The highest BCUT2D eigenvalue weighted by molar-refractivity contribution is 7.86. The second kappa shape index (κ2) is 6.43. The molecule has 0 spiro atoms. The van der Waals surface area contributed by atoms with E-state index < -0.39 is 16.2 Å². The van der Waals surface area contributed by atoms with E-state index in [4.69, 9.17) is 9.92 Å². The van der Waals surface area contributed by atoms with Crippen LogP contribution >= 0.6 is 0 Å². The van der Waals surface area contributed by atoms with Crippen LogP contribution in [-0.2, 0) is 14.3 Å². The molecule has 0 saturated carbocycles. The minimum Gasteiger partial charge on any atom is -0.507 e. The van der Waals surface area contributed by atoms with Gasteiger partial charge in [0, 0.05) is 23.3 Å². The number of hydrogen-bond acceptors (Lipinski definition) is 6. The van der Waals surface area contributed by atoms with Crippen molar-refractivity contribution in [2.45, 2.75) is 19.4 Å². The Hall–Kier alpha value is -2.32. The van der Waals surface area contributed by atoms with Crippen LogP contribution in [0.25, 0.3) is 10.8 Å². The van der Waals surface area contributed by atoms with Gasteiger partial charge in [-0.05, 0) is 6.92 Å². The van der Waals surface area contributed by atoms with Gasteiger partial charge in [-0.15, -0.1) is 0 Å². The molecule has 0 bridgehead atoms. The maximum Gasteiger partial charge on any atom is 0.264 e. The summed E-state index contributed by atoms with van der Waals surface area (Å²) in [6, 6.07) is 8.08. The monoisotopic (exact) mass is 338 g/mol. The molecule has 0 aliphatic rings. The molecule has 124 valence electrons. The average Bonchev–Trinajstić information content (AvgIpc) is 2.42. The lowest BCUT2D eigenvalue weighted by atomic mass is 10.1. The molecule has 0 radical (unpaired) electrons. The zero-order valence-corrected chi connectivity index (χ0v) is 13.5. The van der Waals surface area contributed by atoms with Gasteiger partial charge in [-0.25, -0.2) is 4.99 Å². The van der Waals surface area contributed by atoms with E-state index in [1.807, 2.05) is 0 Å². The number of amidine groups is 1. The Balaban J connectivity index is 2.31. The van der Waals surface area contributed by atoms with Crippen molar-refractivity contribution in [1.82, 2.24) is 0 Å². The first-order chi connectivity index (χ1) is 10.7. The molecule has 0 aliphatic carbocycles. The van der Waals surface area contributed by atoms with Crippen molar-refractivity contribution in [3.63, 3.8) is 0 Å². The van der Waals surface area contributed by atoms with Crippen molar-refractivity contribution < 1.29 is 22.8 Å². The normalized spacial score (nSPS) is 14.1. The molecule has 0 fully saturated rings. The van der Waals surface area contributed by atoms with Gasteiger partial charge < -0.3 is 15.9 Å². The van der Waals surface area contributed by atoms with Crippen molar-refractivity contribution in [2.75, 3.05) is 6.26 Å². The fourth-order valence-corrected chi connectivity index (χ4v) is 2.90. The third-order valence-electron chi connectivity index (χ3n) is 3.07. The summed E-state index contributed by atoms with van der Waals surface area (Å²) in [6.45, 7) is 1.54. The molecule has 23 heavy (non-hydrogen) atoms. The third kappa shape index (κ3) is 4.33. The summed E-state index contributed by atoms with van der Waals surface area (Å²) in [7, 11) is -3.59. The number of aliphatic imine (C=N–C) groups is 1. The van der Waals surface area contributed by atoms with E-state index in [-0.39, 0.29) is 29.4 Å². The molecule has 7 nitrogen and oxygen atoms in total. The van der Waals surface area contributed by atoms with Gasteiger partial charge in [-0.1, -0.05) is 24.3 Å². The summed E-state index contributed by atoms with van der Waals surface area (Å²) in [5, 5.41) is 21.2.